The second-order valence-corrected chi connectivity index (χ2v) is 12.1. The van der Waals surface area contributed by atoms with Gasteiger partial charge in [-0.1, -0.05) is 49.0 Å². The Labute approximate surface area is 235 Å². The van der Waals surface area contributed by atoms with Crippen molar-refractivity contribution >= 4 is 50.7 Å². The average Bonchev–Trinajstić information content (AvgIpc) is 3.37. The van der Waals surface area contributed by atoms with E-state index in [1.165, 1.54) is 4.90 Å². The summed E-state index contributed by atoms with van der Waals surface area (Å²) in [4.78, 5) is 28.6. The van der Waals surface area contributed by atoms with Gasteiger partial charge in [0.15, 0.2) is 0 Å². The zero-order valence-electron chi connectivity index (χ0n) is 22.0. The zero-order chi connectivity index (χ0) is 27.9. The Morgan fingerprint density at radius 2 is 1.71 bits per heavy atom. The molecule has 0 radical (unpaired) electrons. The molecule has 1 N–H and O–H groups in total. The summed E-state index contributed by atoms with van der Waals surface area (Å²) in [5.74, 6) is -0.171. The van der Waals surface area contributed by atoms with Gasteiger partial charge in [-0.2, -0.15) is 0 Å². The van der Waals surface area contributed by atoms with E-state index in [2.05, 4.69) is 5.32 Å². The summed E-state index contributed by atoms with van der Waals surface area (Å²) in [7, 11) is -3.82. The van der Waals surface area contributed by atoms with E-state index < -0.39 is 28.5 Å². The van der Waals surface area contributed by atoms with Gasteiger partial charge in [0.25, 0.3) is 0 Å². The highest BCUT2D eigenvalue weighted by atomic mass is 35.5. The Bertz CT molecular complexity index is 1220. The van der Waals surface area contributed by atoms with Gasteiger partial charge in [-0.05, 0) is 68.1 Å². The first kappa shape index (κ1) is 30.1. The molecule has 2 aromatic rings. The molecule has 3 rings (SSSR count). The van der Waals surface area contributed by atoms with Crippen molar-refractivity contribution in [1.29, 1.82) is 0 Å². The van der Waals surface area contributed by atoms with Crippen LogP contribution in [0.15, 0.2) is 42.5 Å². The van der Waals surface area contributed by atoms with Crippen LogP contribution in [0.1, 0.15) is 51.5 Å². The minimum Gasteiger partial charge on any atom is -0.494 e. The van der Waals surface area contributed by atoms with Crippen LogP contribution in [0.25, 0.3) is 0 Å². The Kier molecular flexibility index (Phi) is 10.7. The SMILES string of the molecule is CCOc1ccc(N(CC(=O)N(Cc2ccc(Cl)c(Cl)c2)[C@H](CC)C(=O)NC2CCCC2)S(C)(=O)=O)cc1. The molecule has 1 saturated carbocycles. The Morgan fingerprint density at radius 1 is 1.05 bits per heavy atom. The zero-order valence-corrected chi connectivity index (χ0v) is 24.3. The molecule has 0 saturated heterocycles. The fourth-order valence-corrected chi connectivity index (χ4v) is 5.78. The summed E-state index contributed by atoms with van der Waals surface area (Å²) in [6.45, 7) is 3.74. The highest BCUT2D eigenvalue weighted by Crippen LogP contribution is 2.26. The van der Waals surface area contributed by atoms with Crippen molar-refractivity contribution in [1.82, 2.24) is 10.2 Å². The maximum Gasteiger partial charge on any atom is 0.244 e. The molecule has 2 amide bonds. The first-order valence-corrected chi connectivity index (χ1v) is 15.4. The van der Waals surface area contributed by atoms with Crippen molar-refractivity contribution in [2.45, 2.75) is 64.6 Å². The number of carbonyl (C=O) groups excluding carboxylic acids is 2. The number of halogens is 2. The van der Waals surface area contributed by atoms with Crippen molar-refractivity contribution in [2.24, 2.45) is 0 Å². The molecule has 1 fully saturated rings. The van der Waals surface area contributed by atoms with Gasteiger partial charge in [0.1, 0.15) is 18.3 Å². The molecular formula is C27H35Cl2N3O5S. The lowest BCUT2D eigenvalue weighted by Gasteiger charge is -2.33. The largest absolute Gasteiger partial charge is 0.494 e. The lowest BCUT2D eigenvalue weighted by atomic mass is 10.1. The number of amides is 2. The number of carbonyl (C=O) groups is 2. The first-order chi connectivity index (χ1) is 18.0. The van der Waals surface area contributed by atoms with Gasteiger partial charge in [0.05, 0.1) is 28.6 Å². The standard InChI is InChI=1S/C27H35Cl2N3O5S/c1-4-25(27(34)30-20-8-6-7-9-20)31(17-19-10-15-23(28)24(29)16-19)26(33)18-32(38(3,35)36)21-11-13-22(14-12-21)37-5-2/h10-16,20,25H,4-9,17-18H2,1-3H3,(H,30,34)/t25-/m1/s1. The molecule has 0 spiro atoms. The number of benzene rings is 2. The van der Waals surface area contributed by atoms with E-state index in [1.54, 1.807) is 42.5 Å². The molecule has 0 aliphatic heterocycles. The predicted molar refractivity (Wildman–Crippen MR) is 151 cm³/mol. The van der Waals surface area contributed by atoms with E-state index in [0.717, 1.165) is 36.2 Å². The summed E-state index contributed by atoms with van der Waals surface area (Å²) >= 11 is 12.3. The molecule has 1 aliphatic carbocycles. The van der Waals surface area contributed by atoms with E-state index in [0.29, 0.717) is 40.1 Å². The summed E-state index contributed by atoms with van der Waals surface area (Å²) in [5, 5.41) is 3.78. The molecule has 8 nitrogen and oxygen atoms in total. The van der Waals surface area contributed by atoms with Crippen LogP contribution in [0.4, 0.5) is 5.69 Å². The summed E-state index contributed by atoms with van der Waals surface area (Å²) in [5.41, 5.74) is 0.995. The minimum absolute atomic E-state index is 0.0627. The smallest absolute Gasteiger partial charge is 0.244 e. The van der Waals surface area contributed by atoms with Crippen molar-refractivity contribution in [3.05, 3.63) is 58.1 Å². The summed E-state index contributed by atoms with van der Waals surface area (Å²) in [6, 6.07) is 10.8. The molecule has 2 aromatic carbocycles. The lowest BCUT2D eigenvalue weighted by molar-refractivity contribution is -0.140. The second-order valence-electron chi connectivity index (χ2n) is 9.38. The Hall–Kier alpha value is -2.49. The number of hydrogen-bond donors (Lipinski definition) is 1. The fraction of sp³-hybridized carbons (Fsp3) is 0.481. The van der Waals surface area contributed by atoms with Gasteiger partial charge in [-0.3, -0.25) is 13.9 Å². The second kappa shape index (κ2) is 13.5. The normalized spacial score (nSPS) is 14.7. The lowest BCUT2D eigenvalue weighted by Crippen LogP contribution is -2.53. The fourth-order valence-electron chi connectivity index (χ4n) is 4.61. The number of nitrogens with one attached hydrogen (secondary N) is 1. The highest BCUT2D eigenvalue weighted by Gasteiger charge is 2.33. The molecule has 0 unspecified atom stereocenters. The van der Waals surface area contributed by atoms with Gasteiger partial charge in [0, 0.05) is 12.6 Å². The van der Waals surface area contributed by atoms with Crippen LogP contribution < -0.4 is 14.4 Å². The van der Waals surface area contributed by atoms with Gasteiger partial charge in [-0.25, -0.2) is 8.42 Å². The maximum atomic E-state index is 13.8. The van der Waals surface area contributed by atoms with E-state index in [-0.39, 0.29) is 18.5 Å². The minimum atomic E-state index is -3.82. The van der Waals surface area contributed by atoms with Gasteiger partial charge >= 0.3 is 0 Å². The first-order valence-electron chi connectivity index (χ1n) is 12.8. The Morgan fingerprint density at radius 3 is 2.26 bits per heavy atom. The predicted octanol–water partition coefficient (Wildman–Crippen LogP) is 5.02. The van der Waals surface area contributed by atoms with E-state index in [4.69, 9.17) is 27.9 Å². The van der Waals surface area contributed by atoms with Gasteiger partial charge < -0.3 is 15.0 Å². The number of nitrogens with zero attached hydrogens (tertiary/aromatic N) is 2. The monoisotopic (exact) mass is 583 g/mol. The number of sulfonamides is 1. The van der Waals surface area contributed by atoms with E-state index in [9.17, 15) is 18.0 Å². The van der Waals surface area contributed by atoms with Crippen LogP contribution in [0, 0.1) is 0 Å². The number of anilines is 1. The molecule has 1 atom stereocenters. The van der Waals surface area contributed by atoms with Crippen molar-refractivity contribution in [2.75, 3.05) is 23.7 Å². The van der Waals surface area contributed by atoms with Crippen molar-refractivity contribution in [3.8, 4) is 5.75 Å². The molecule has 1 aliphatic rings. The quantitative estimate of drug-likeness (QED) is 0.378. The molecule has 0 heterocycles. The third-order valence-electron chi connectivity index (χ3n) is 6.54. The van der Waals surface area contributed by atoms with Crippen LogP contribution in [0.5, 0.6) is 5.75 Å². The van der Waals surface area contributed by atoms with Crippen molar-refractivity contribution in [3.63, 3.8) is 0 Å². The van der Waals surface area contributed by atoms with Crippen molar-refractivity contribution < 1.29 is 22.7 Å². The number of ether oxygens (including phenoxy) is 1. The third-order valence-corrected chi connectivity index (χ3v) is 8.42. The molecule has 11 heteroatoms. The molecule has 208 valence electrons. The molecule has 0 aromatic heterocycles. The molecule has 38 heavy (non-hydrogen) atoms. The number of rotatable bonds is 12. The van der Waals surface area contributed by atoms with Gasteiger partial charge in [0.2, 0.25) is 21.8 Å². The molecular weight excluding hydrogens is 549 g/mol. The Balaban J connectivity index is 1.92. The van der Waals surface area contributed by atoms with E-state index in [1.807, 2.05) is 13.8 Å². The summed E-state index contributed by atoms with van der Waals surface area (Å²) < 4.78 is 32.0. The van der Waals surface area contributed by atoms with Crippen LogP contribution in [0.3, 0.4) is 0 Å². The summed E-state index contributed by atoms with van der Waals surface area (Å²) in [6.07, 6.45) is 5.32. The molecule has 0 bridgehead atoms. The maximum absolute atomic E-state index is 13.8. The van der Waals surface area contributed by atoms with E-state index >= 15 is 0 Å². The van der Waals surface area contributed by atoms with Crippen LogP contribution >= 0.6 is 23.2 Å². The average molecular weight is 585 g/mol. The van der Waals surface area contributed by atoms with Crippen LogP contribution in [-0.4, -0.2) is 56.6 Å². The number of hydrogen-bond acceptors (Lipinski definition) is 5. The van der Waals surface area contributed by atoms with Crippen LogP contribution in [-0.2, 0) is 26.2 Å². The highest BCUT2D eigenvalue weighted by molar-refractivity contribution is 7.92. The topological polar surface area (TPSA) is 96.0 Å². The van der Waals surface area contributed by atoms with Gasteiger partial charge in [-0.15, -0.1) is 0 Å². The third kappa shape index (κ3) is 8.01. The van der Waals surface area contributed by atoms with Crippen LogP contribution in [0.2, 0.25) is 10.0 Å².